The molecule has 0 saturated heterocycles. The fourth-order valence-electron chi connectivity index (χ4n) is 2.40. The van der Waals surface area contributed by atoms with Crippen LogP contribution in [0.2, 0.25) is 0 Å². The van der Waals surface area contributed by atoms with Crippen molar-refractivity contribution in [1.82, 2.24) is 15.6 Å². The van der Waals surface area contributed by atoms with Gasteiger partial charge in [-0.15, -0.1) is 11.3 Å². The lowest BCUT2D eigenvalue weighted by atomic mass is 10.3. The molecule has 26 heavy (non-hydrogen) atoms. The molecule has 1 aliphatic heterocycles. The zero-order chi connectivity index (χ0) is 18.4. The smallest absolute Gasteiger partial charge is 0.231 e. The number of aryl methyl sites for hydroxylation is 2. The van der Waals surface area contributed by atoms with Crippen LogP contribution in [-0.2, 0) is 6.54 Å². The molecule has 2 heterocycles. The number of benzene rings is 1. The van der Waals surface area contributed by atoms with Crippen LogP contribution in [0.15, 0.2) is 23.2 Å². The van der Waals surface area contributed by atoms with Crippen molar-refractivity contribution in [2.24, 2.45) is 4.99 Å². The van der Waals surface area contributed by atoms with E-state index in [0.717, 1.165) is 40.5 Å². The Balaban J connectivity index is 1.46. The fraction of sp³-hybridized carbons (Fsp3) is 0.444. The van der Waals surface area contributed by atoms with E-state index in [9.17, 15) is 0 Å². The molecule has 8 heteroatoms. The van der Waals surface area contributed by atoms with E-state index in [0.29, 0.717) is 19.7 Å². The van der Waals surface area contributed by atoms with E-state index in [1.165, 1.54) is 4.88 Å². The average molecular weight is 376 g/mol. The third-order valence-electron chi connectivity index (χ3n) is 3.80. The molecule has 1 aromatic heterocycles. The minimum Gasteiger partial charge on any atom is -0.492 e. The summed E-state index contributed by atoms with van der Waals surface area (Å²) in [4.78, 5) is 10.3. The number of aliphatic imine (C=N–C) groups is 1. The van der Waals surface area contributed by atoms with Gasteiger partial charge in [-0.05, 0) is 32.9 Å². The summed E-state index contributed by atoms with van der Waals surface area (Å²) in [5, 5.41) is 7.52. The predicted octanol–water partition coefficient (Wildman–Crippen LogP) is 2.62. The lowest BCUT2D eigenvalue weighted by Crippen LogP contribution is -2.39. The Morgan fingerprint density at radius 3 is 2.88 bits per heavy atom. The van der Waals surface area contributed by atoms with E-state index in [4.69, 9.17) is 14.2 Å². The first kappa shape index (κ1) is 18.3. The highest BCUT2D eigenvalue weighted by Gasteiger charge is 2.13. The zero-order valence-electron chi connectivity index (χ0n) is 15.3. The number of thiazole rings is 1. The van der Waals surface area contributed by atoms with Gasteiger partial charge in [0.1, 0.15) is 17.4 Å². The lowest BCUT2D eigenvalue weighted by Gasteiger charge is -2.12. The second-order valence-electron chi connectivity index (χ2n) is 5.73. The average Bonchev–Trinajstić information content (AvgIpc) is 3.22. The first-order chi connectivity index (χ1) is 12.7. The normalized spacial score (nSPS) is 13.0. The zero-order valence-corrected chi connectivity index (χ0v) is 16.1. The molecule has 2 aromatic rings. The van der Waals surface area contributed by atoms with Crippen LogP contribution in [0.5, 0.6) is 17.2 Å². The Morgan fingerprint density at radius 2 is 2.12 bits per heavy atom. The number of hydrogen-bond donors (Lipinski definition) is 2. The molecular weight excluding hydrogens is 352 g/mol. The molecule has 0 saturated carbocycles. The fourth-order valence-corrected chi connectivity index (χ4v) is 3.26. The van der Waals surface area contributed by atoms with Crippen molar-refractivity contribution in [1.29, 1.82) is 0 Å². The summed E-state index contributed by atoms with van der Waals surface area (Å²) in [6.07, 6.45) is 0. The molecular formula is C18H24N4O3S. The third-order valence-corrected chi connectivity index (χ3v) is 4.85. The second kappa shape index (κ2) is 8.75. The van der Waals surface area contributed by atoms with Gasteiger partial charge in [-0.2, -0.15) is 0 Å². The minimum absolute atomic E-state index is 0.265. The largest absolute Gasteiger partial charge is 0.492 e. The molecule has 0 spiro atoms. The maximum atomic E-state index is 5.75. The van der Waals surface area contributed by atoms with Crippen LogP contribution < -0.4 is 24.8 Å². The van der Waals surface area contributed by atoms with Crippen molar-refractivity contribution in [2.45, 2.75) is 27.3 Å². The SMILES string of the molecule is CCNC(=NCc1nc(C)c(C)s1)NCCOc1ccc2c(c1)OCO2. The van der Waals surface area contributed by atoms with E-state index in [1.807, 2.05) is 32.0 Å². The van der Waals surface area contributed by atoms with Gasteiger partial charge in [0.25, 0.3) is 0 Å². The molecule has 0 radical (unpaired) electrons. The molecule has 0 fully saturated rings. The molecule has 140 valence electrons. The number of fused-ring (bicyclic) bond motifs is 1. The summed E-state index contributed by atoms with van der Waals surface area (Å²) in [5.41, 5.74) is 1.08. The highest BCUT2D eigenvalue weighted by Crippen LogP contribution is 2.34. The Kier molecular flexibility index (Phi) is 6.17. The summed E-state index contributed by atoms with van der Waals surface area (Å²) >= 11 is 1.69. The number of aromatic nitrogens is 1. The van der Waals surface area contributed by atoms with Gasteiger partial charge in [-0.3, -0.25) is 0 Å². The van der Waals surface area contributed by atoms with Crippen LogP contribution >= 0.6 is 11.3 Å². The van der Waals surface area contributed by atoms with Crippen LogP contribution in [0.25, 0.3) is 0 Å². The van der Waals surface area contributed by atoms with Crippen LogP contribution in [0.4, 0.5) is 0 Å². The topological polar surface area (TPSA) is 77.0 Å². The molecule has 0 amide bonds. The number of nitrogens with one attached hydrogen (secondary N) is 2. The van der Waals surface area contributed by atoms with Gasteiger partial charge in [0.05, 0.1) is 18.8 Å². The third kappa shape index (κ3) is 4.78. The predicted molar refractivity (Wildman–Crippen MR) is 102 cm³/mol. The van der Waals surface area contributed by atoms with Crippen LogP contribution in [0.1, 0.15) is 22.5 Å². The minimum atomic E-state index is 0.265. The number of hydrogen-bond acceptors (Lipinski definition) is 6. The number of guanidine groups is 1. The van der Waals surface area contributed by atoms with Gasteiger partial charge in [0.2, 0.25) is 6.79 Å². The molecule has 0 atom stereocenters. The summed E-state index contributed by atoms with van der Waals surface area (Å²) in [6, 6.07) is 5.57. The Bertz CT molecular complexity index is 756. The summed E-state index contributed by atoms with van der Waals surface area (Å²) < 4.78 is 16.4. The number of nitrogens with zero attached hydrogens (tertiary/aromatic N) is 2. The number of rotatable bonds is 7. The number of ether oxygens (including phenoxy) is 3. The van der Waals surface area contributed by atoms with Crippen molar-refractivity contribution >= 4 is 17.3 Å². The highest BCUT2D eigenvalue weighted by atomic mass is 32.1. The van der Waals surface area contributed by atoms with Gasteiger partial charge >= 0.3 is 0 Å². The van der Waals surface area contributed by atoms with Gasteiger partial charge in [-0.25, -0.2) is 9.98 Å². The quantitative estimate of drug-likeness (QED) is 0.439. The van der Waals surface area contributed by atoms with E-state index >= 15 is 0 Å². The molecule has 0 bridgehead atoms. The maximum Gasteiger partial charge on any atom is 0.231 e. The monoisotopic (exact) mass is 376 g/mol. The first-order valence-corrected chi connectivity index (χ1v) is 9.45. The molecule has 3 rings (SSSR count). The van der Waals surface area contributed by atoms with E-state index in [2.05, 4.69) is 27.5 Å². The van der Waals surface area contributed by atoms with E-state index in [-0.39, 0.29) is 6.79 Å². The van der Waals surface area contributed by atoms with Crippen molar-refractivity contribution in [3.05, 3.63) is 33.8 Å². The molecule has 0 aliphatic carbocycles. The first-order valence-electron chi connectivity index (χ1n) is 8.63. The Labute approximate surface area is 157 Å². The molecule has 1 aliphatic rings. The van der Waals surface area contributed by atoms with Crippen LogP contribution in [0, 0.1) is 13.8 Å². The van der Waals surface area contributed by atoms with Gasteiger partial charge in [-0.1, -0.05) is 0 Å². The Morgan fingerprint density at radius 1 is 1.27 bits per heavy atom. The van der Waals surface area contributed by atoms with E-state index < -0.39 is 0 Å². The van der Waals surface area contributed by atoms with Gasteiger partial charge < -0.3 is 24.8 Å². The summed E-state index contributed by atoms with van der Waals surface area (Å²) in [5.74, 6) is 2.99. The molecule has 1 aromatic carbocycles. The van der Waals surface area contributed by atoms with Crippen LogP contribution in [0.3, 0.4) is 0 Å². The standard InChI is InChI=1S/C18H24N4O3S/c1-4-19-18(21-10-17-22-12(2)13(3)26-17)20-7-8-23-14-5-6-15-16(9-14)25-11-24-15/h5-6,9H,4,7-8,10-11H2,1-3H3,(H2,19,20,21). The van der Waals surface area contributed by atoms with Gasteiger partial charge in [0, 0.05) is 17.5 Å². The van der Waals surface area contributed by atoms with Crippen LogP contribution in [-0.4, -0.2) is 37.4 Å². The Hall–Kier alpha value is -2.48. The summed E-state index contributed by atoms with van der Waals surface area (Å²) in [6.45, 7) is 8.92. The molecule has 7 nitrogen and oxygen atoms in total. The van der Waals surface area contributed by atoms with Gasteiger partial charge in [0.15, 0.2) is 17.5 Å². The second-order valence-corrected chi connectivity index (χ2v) is 7.02. The van der Waals surface area contributed by atoms with Crippen molar-refractivity contribution < 1.29 is 14.2 Å². The van der Waals surface area contributed by atoms with Crippen molar-refractivity contribution in [2.75, 3.05) is 26.5 Å². The maximum absolute atomic E-state index is 5.75. The van der Waals surface area contributed by atoms with Crippen molar-refractivity contribution in [3.8, 4) is 17.2 Å². The molecule has 0 unspecified atom stereocenters. The lowest BCUT2D eigenvalue weighted by molar-refractivity contribution is 0.173. The summed E-state index contributed by atoms with van der Waals surface area (Å²) in [7, 11) is 0. The molecule has 2 N–H and O–H groups in total. The van der Waals surface area contributed by atoms with E-state index in [1.54, 1.807) is 11.3 Å². The van der Waals surface area contributed by atoms with Crippen molar-refractivity contribution in [3.63, 3.8) is 0 Å². The highest BCUT2D eigenvalue weighted by molar-refractivity contribution is 7.11.